The van der Waals surface area contributed by atoms with Crippen molar-refractivity contribution in [3.05, 3.63) is 72.3 Å². The van der Waals surface area contributed by atoms with Crippen LogP contribution in [0.1, 0.15) is 12.0 Å². The van der Waals surface area contributed by atoms with Crippen molar-refractivity contribution in [2.45, 2.75) is 30.0 Å². The van der Waals surface area contributed by atoms with E-state index in [4.69, 9.17) is 20.7 Å². The van der Waals surface area contributed by atoms with Crippen LogP contribution in [-0.4, -0.2) is 51.7 Å². The molecule has 0 amide bonds. The van der Waals surface area contributed by atoms with E-state index >= 15 is 0 Å². The molecule has 0 spiro atoms. The first kappa shape index (κ1) is 30.3. The Morgan fingerprint density at radius 1 is 0.975 bits per heavy atom. The van der Waals surface area contributed by atoms with Crippen LogP contribution in [0.4, 0.5) is 13.2 Å². The van der Waals surface area contributed by atoms with Crippen LogP contribution in [0, 0.1) is 5.41 Å². The van der Waals surface area contributed by atoms with Crippen molar-refractivity contribution in [1.29, 1.82) is 5.41 Å². The summed E-state index contributed by atoms with van der Waals surface area (Å²) in [5.41, 5.74) is 7.58. The lowest BCUT2D eigenvalue weighted by Crippen LogP contribution is -2.45. The third kappa shape index (κ3) is 8.65. The minimum absolute atomic E-state index is 0.203. The first-order chi connectivity index (χ1) is 18.9. The summed E-state index contributed by atoms with van der Waals surface area (Å²) in [6.07, 6.45) is -5.45. The van der Waals surface area contributed by atoms with Crippen molar-refractivity contribution in [2.24, 2.45) is 5.73 Å². The van der Waals surface area contributed by atoms with E-state index in [1.54, 1.807) is 24.3 Å². The zero-order valence-corrected chi connectivity index (χ0v) is 21.6. The quantitative estimate of drug-likeness (QED) is 0.0626. The maximum Gasteiger partial charge on any atom is 0.491 e. The summed E-state index contributed by atoms with van der Waals surface area (Å²) < 4.78 is 76.2. The first-order valence-electron chi connectivity index (χ1n) is 11.6. The van der Waals surface area contributed by atoms with Crippen molar-refractivity contribution >= 4 is 38.7 Å². The van der Waals surface area contributed by atoms with Crippen LogP contribution in [0.5, 0.6) is 5.75 Å². The average Bonchev–Trinajstić information content (AvgIpc) is 2.90. The second-order valence-corrected chi connectivity index (χ2v) is 9.95. The SMILES string of the molecule is N=C(N)NOCCCOc1ccc(C[C@H](NS(=O)(=O)c2cccc3ccccc23)C(=O)OC(=O)C(F)(F)F)cc1. The highest BCUT2D eigenvalue weighted by molar-refractivity contribution is 7.89. The van der Waals surface area contributed by atoms with E-state index < -0.39 is 40.6 Å². The molecule has 0 radical (unpaired) electrons. The van der Waals surface area contributed by atoms with Gasteiger partial charge >= 0.3 is 18.1 Å². The Hall–Kier alpha value is -4.21. The third-order valence-corrected chi connectivity index (χ3v) is 6.78. The van der Waals surface area contributed by atoms with Gasteiger partial charge in [-0.25, -0.2) is 23.5 Å². The number of hydrogen-bond acceptors (Lipinski definition) is 8. The van der Waals surface area contributed by atoms with Gasteiger partial charge in [-0.2, -0.15) is 17.9 Å². The number of carbonyl (C=O) groups excluding carboxylic acids is 2. The van der Waals surface area contributed by atoms with Crippen LogP contribution in [0.3, 0.4) is 0 Å². The highest BCUT2D eigenvalue weighted by Gasteiger charge is 2.44. The molecule has 0 saturated carbocycles. The number of ether oxygens (including phenoxy) is 2. The molecule has 3 aromatic rings. The fraction of sp³-hybridized carbons (Fsp3) is 0.240. The highest BCUT2D eigenvalue weighted by Crippen LogP contribution is 2.24. The number of nitrogens with one attached hydrogen (secondary N) is 3. The molecule has 0 aliphatic carbocycles. The first-order valence-corrected chi connectivity index (χ1v) is 13.1. The third-order valence-electron chi connectivity index (χ3n) is 5.25. The molecule has 15 heteroatoms. The van der Waals surface area contributed by atoms with Gasteiger partial charge in [0.2, 0.25) is 16.0 Å². The largest absolute Gasteiger partial charge is 0.494 e. The molecule has 214 valence electrons. The van der Waals surface area contributed by atoms with E-state index in [0.717, 1.165) is 0 Å². The molecule has 3 rings (SSSR count). The van der Waals surface area contributed by atoms with E-state index in [2.05, 4.69) is 14.9 Å². The summed E-state index contributed by atoms with van der Waals surface area (Å²) in [6.45, 7) is 0.438. The topological polar surface area (TPSA) is 170 Å². The molecule has 1 atom stereocenters. The molecule has 40 heavy (non-hydrogen) atoms. The number of guanidine groups is 1. The molecule has 0 heterocycles. The Bertz CT molecular complexity index is 1460. The van der Waals surface area contributed by atoms with Gasteiger partial charge in [-0.05, 0) is 35.6 Å². The number of esters is 2. The van der Waals surface area contributed by atoms with Gasteiger partial charge in [0.05, 0.1) is 18.1 Å². The van der Waals surface area contributed by atoms with Gasteiger partial charge in [0, 0.05) is 11.8 Å². The standard InChI is InChI=1S/C25H25F3N4O7S/c26-25(27,28)23(34)39-22(33)20(32-40(35,36)21-8-3-6-17-5-1-2-7-19(17)21)15-16-9-11-18(12-10-16)37-13-4-14-38-31-24(29)30/h1-3,5-12,20,32H,4,13-15H2,(H4,29,30,31)/t20-/m0/s1. The molecule has 0 aliphatic heterocycles. The van der Waals surface area contributed by atoms with Crippen molar-refractivity contribution < 1.29 is 45.5 Å². The van der Waals surface area contributed by atoms with E-state index in [1.807, 2.05) is 0 Å². The molecule has 11 nitrogen and oxygen atoms in total. The van der Waals surface area contributed by atoms with Crippen molar-refractivity contribution in [3.8, 4) is 5.75 Å². The highest BCUT2D eigenvalue weighted by atomic mass is 32.2. The Morgan fingerprint density at radius 2 is 1.65 bits per heavy atom. The monoisotopic (exact) mass is 582 g/mol. The summed E-state index contributed by atoms with van der Waals surface area (Å²) in [5, 5.41) is 7.86. The van der Waals surface area contributed by atoms with Gasteiger partial charge < -0.3 is 15.2 Å². The number of carbonyl (C=O) groups is 2. The van der Waals surface area contributed by atoms with Crippen LogP contribution >= 0.6 is 0 Å². The van der Waals surface area contributed by atoms with Crippen molar-refractivity contribution in [1.82, 2.24) is 10.2 Å². The summed E-state index contributed by atoms with van der Waals surface area (Å²) >= 11 is 0. The molecular weight excluding hydrogens is 557 g/mol. The molecule has 3 aromatic carbocycles. The van der Waals surface area contributed by atoms with Gasteiger partial charge in [-0.15, -0.1) is 0 Å². The minimum Gasteiger partial charge on any atom is -0.494 e. The smallest absolute Gasteiger partial charge is 0.491 e. The maximum absolute atomic E-state index is 13.2. The number of hydroxylamine groups is 1. The fourth-order valence-electron chi connectivity index (χ4n) is 3.48. The number of hydrogen-bond donors (Lipinski definition) is 4. The maximum atomic E-state index is 13.2. The molecule has 0 bridgehead atoms. The van der Waals surface area contributed by atoms with Gasteiger partial charge in [0.15, 0.2) is 0 Å². The van der Waals surface area contributed by atoms with Crippen molar-refractivity contribution in [3.63, 3.8) is 0 Å². The minimum atomic E-state index is -5.46. The number of fused-ring (bicyclic) bond motifs is 1. The zero-order chi connectivity index (χ0) is 29.3. The fourth-order valence-corrected chi connectivity index (χ4v) is 4.90. The number of rotatable bonds is 12. The lowest BCUT2D eigenvalue weighted by atomic mass is 10.1. The Kier molecular flexibility index (Phi) is 10.0. The molecule has 0 saturated heterocycles. The predicted molar refractivity (Wildman–Crippen MR) is 136 cm³/mol. The molecule has 0 aromatic heterocycles. The molecule has 0 aliphatic rings. The molecule has 0 fully saturated rings. The van der Waals surface area contributed by atoms with E-state index in [0.29, 0.717) is 28.5 Å². The number of benzene rings is 3. The zero-order valence-electron chi connectivity index (χ0n) is 20.7. The summed E-state index contributed by atoms with van der Waals surface area (Å²) in [6, 6.07) is 15.0. The average molecular weight is 583 g/mol. The number of halogens is 3. The Balaban J connectivity index is 1.76. The van der Waals surface area contributed by atoms with Crippen LogP contribution in [0.2, 0.25) is 0 Å². The summed E-state index contributed by atoms with van der Waals surface area (Å²) in [7, 11) is -4.46. The van der Waals surface area contributed by atoms with Gasteiger partial charge in [-0.1, -0.05) is 48.5 Å². The molecule has 0 unspecified atom stereocenters. The summed E-state index contributed by atoms with van der Waals surface area (Å²) in [4.78, 5) is 28.6. The van der Waals surface area contributed by atoms with Gasteiger partial charge in [-0.3, -0.25) is 10.2 Å². The van der Waals surface area contributed by atoms with Gasteiger partial charge in [0.1, 0.15) is 11.8 Å². The predicted octanol–water partition coefficient (Wildman–Crippen LogP) is 2.55. The Morgan fingerprint density at radius 3 is 2.33 bits per heavy atom. The second-order valence-electron chi connectivity index (χ2n) is 8.27. The Labute approximate surface area is 226 Å². The number of nitrogens with two attached hydrogens (primary N) is 1. The van der Waals surface area contributed by atoms with Crippen molar-refractivity contribution in [2.75, 3.05) is 13.2 Å². The van der Waals surface area contributed by atoms with Crippen LogP contribution in [-0.2, 0) is 35.6 Å². The van der Waals surface area contributed by atoms with Crippen LogP contribution in [0.25, 0.3) is 10.8 Å². The lowest BCUT2D eigenvalue weighted by Gasteiger charge is -2.18. The van der Waals surface area contributed by atoms with Crippen LogP contribution in [0.15, 0.2) is 71.6 Å². The number of alkyl halides is 3. The van der Waals surface area contributed by atoms with E-state index in [-0.39, 0.29) is 24.1 Å². The number of sulfonamides is 1. The lowest BCUT2D eigenvalue weighted by molar-refractivity contribution is -0.202. The second kappa shape index (κ2) is 13.2. The van der Waals surface area contributed by atoms with E-state index in [1.165, 1.54) is 42.5 Å². The van der Waals surface area contributed by atoms with Gasteiger partial charge in [0.25, 0.3) is 0 Å². The normalized spacial score (nSPS) is 12.5. The molecule has 5 N–H and O–H groups in total. The summed E-state index contributed by atoms with van der Waals surface area (Å²) in [5.74, 6) is -4.42. The van der Waals surface area contributed by atoms with E-state index in [9.17, 15) is 31.2 Å². The van der Waals surface area contributed by atoms with Crippen LogP contribution < -0.4 is 20.7 Å². The molecular formula is C25H25F3N4O7S.